The highest BCUT2D eigenvalue weighted by atomic mass is 15.1. The lowest BCUT2D eigenvalue weighted by Gasteiger charge is -2.27. The Hall–Kier alpha value is -8.20. The summed E-state index contributed by atoms with van der Waals surface area (Å²) in [6.07, 6.45) is 0. The van der Waals surface area contributed by atoms with Gasteiger partial charge in [0.05, 0.1) is 16.7 Å². The van der Waals surface area contributed by atoms with E-state index in [1.54, 1.807) is 0 Å². The van der Waals surface area contributed by atoms with Crippen molar-refractivity contribution in [1.82, 2.24) is 4.57 Å². The quantitative estimate of drug-likeness (QED) is 0.141. The number of para-hydroxylation sites is 3. The number of aromatic nitrogens is 1. The van der Waals surface area contributed by atoms with Crippen LogP contribution in [0.5, 0.6) is 0 Å². The molecular weight excluding hydrogens is 749 g/mol. The predicted molar refractivity (Wildman–Crippen MR) is 263 cm³/mol. The maximum absolute atomic E-state index is 2.46. The Bertz CT molecular complexity index is 3310. The molecule has 11 aromatic rings. The lowest BCUT2D eigenvalue weighted by atomic mass is 9.89. The zero-order chi connectivity index (χ0) is 41.2. The van der Waals surface area contributed by atoms with Crippen LogP contribution in [0.1, 0.15) is 0 Å². The molecule has 0 aliphatic carbocycles. The van der Waals surface area contributed by atoms with Crippen molar-refractivity contribution < 1.29 is 0 Å². The van der Waals surface area contributed by atoms with E-state index in [1.807, 2.05) is 0 Å². The van der Waals surface area contributed by atoms with Gasteiger partial charge in [0.1, 0.15) is 0 Å². The molecule has 62 heavy (non-hydrogen) atoms. The van der Waals surface area contributed by atoms with Crippen molar-refractivity contribution in [1.29, 1.82) is 0 Å². The lowest BCUT2D eigenvalue weighted by molar-refractivity contribution is 1.18. The van der Waals surface area contributed by atoms with Crippen molar-refractivity contribution in [2.75, 3.05) is 4.90 Å². The summed E-state index contributed by atoms with van der Waals surface area (Å²) in [5, 5.41) is 2.44. The van der Waals surface area contributed by atoms with Crippen LogP contribution in [-0.2, 0) is 0 Å². The highest BCUT2D eigenvalue weighted by Crippen LogP contribution is 2.45. The maximum atomic E-state index is 2.46. The Morgan fingerprint density at radius 2 is 0.694 bits per heavy atom. The smallest absolute Gasteiger partial charge is 0.0562 e. The van der Waals surface area contributed by atoms with Gasteiger partial charge in [-0.2, -0.15) is 0 Å². The minimum absolute atomic E-state index is 1.08. The molecule has 0 saturated heterocycles. The van der Waals surface area contributed by atoms with Crippen LogP contribution in [-0.4, -0.2) is 4.57 Å². The Balaban J connectivity index is 1.10. The number of hydrogen-bond donors (Lipinski definition) is 0. The number of anilines is 3. The molecule has 2 heteroatoms. The van der Waals surface area contributed by atoms with E-state index in [0.29, 0.717) is 0 Å². The van der Waals surface area contributed by atoms with E-state index < -0.39 is 0 Å². The van der Waals surface area contributed by atoms with Crippen molar-refractivity contribution in [3.8, 4) is 61.3 Å². The standard InChI is InChI=1S/C60H42N2/c1-5-19-43(20-6-1)44-33-35-47(36-34-44)52-28-15-17-31-58(52)62-59-32-18-16-30-55(59)56-40-38-50(42-60(56)62)61(48-25-11-4-12-26-48)49-37-39-54(57(41-49)46-23-9-3-10-24-46)53-29-14-13-27-51(53)45-21-7-2-8-22-45/h1-42H. The average molecular weight is 791 g/mol. The molecule has 0 N–H and O–H groups in total. The SMILES string of the molecule is c1ccc(-c2ccc(-c3ccccc3-n3c4ccccc4c4ccc(N(c5ccccc5)c5ccc(-c6ccccc6-c6ccccc6)c(-c6ccccc6)c5)cc43)cc2)cc1. The van der Waals surface area contributed by atoms with Gasteiger partial charge in [0.15, 0.2) is 0 Å². The minimum atomic E-state index is 1.08. The number of fused-ring (bicyclic) bond motifs is 3. The summed E-state index contributed by atoms with van der Waals surface area (Å²) in [6, 6.07) is 92.1. The first-order chi connectivity index (χ1) is 30.8. The first-order valence-corrected chi connectivity index (χ1v) is 21.3. The second kappa shape index (κ2) is 16.1. The molecule has 0 atom stereocenters. The van der Waals surface area contributed by atoms with E-state index in [-0.39, 0.29) is 0 Å². The number of rotatable bonds is 9. The Kier molecular flexibility index (Phi) is 9.57. The topological polar surface area (TPSA) is 8.17 Å². The number of benzene rings is 10. The van der Waals surface area contributed by atoms with Crippen LogP contribution in [0, 0.1) is 0 Å². The van der Waals surface area contributed by atoms with Gasteiger partial charge >= 0.3 is 0 Å². The summed E-state index contributed by atoms with van der Waals surface area (Å²) in [4.78, 5) is 2.40. The maximum Gasteiger partial charge on any atom is 0.0562 e. The van der Waals surface area contributed by atoms with Gasteiger partial charge in [-0.25, -0.2) is 0 Å². The third-order valence-corrected chi connectivity index (χ3v) is 12.0. The van der Waals surface area contributed by atoms with Crippen LogP contribution < -0.4 is 4.90 Å². The second-order valence-corrected chi connectivity index (χ2v) is 15.7. The minimum Gasteiger partial charge on any atom is -0.310 e. The predicted octanol–water partition coefficient (Wildman–Crippen LogP) is 16.6. The third kappa shape index (κ3) is 6.74. The summed E-state index contributed by atoms with van der Waals surface area (Å²) >= 11 is 0. The molecule has 0 aliphatic rings. The molecule has 11 rings (SSSR count). The average Bonchev–Trinajstić information content (AvgIpc) is 3.69. The lowest BCUT2D eigenvalue weighted by Crippen LogP contribution is -2.10. The molecule has 0 bridgehead atoms. The molecule has 0 unspecified atom stereocenters. The highest BCUT2D eigenvalue weighted by Gasteiger charge is 2.21. The van der Waals surface area contributed by atoms with Gasteiger partial charge in [-0.15, -0.1) is 0 Å². The van der Waals surface area contributed by atoms with Gasteiger partial charge in [-0.05, 0) is 98.6 Å². The molecule has 0 amide bonds. The van der Waals surface area contributed by atoms with E-state index in [4.69, 9.17) is 0 Å². The van der Waals surface area contributed by atoms with E-state index in [2.05, 4.69) is 264 Å². The number of hydrogen-bond acceptors (Lipinski definition) is 1. The summed E-state index contributed by atoms with van der Waals surface area (Å²) < 4.78 is 2.46. The molecule has 0 fully saturated rings. The largest absolute Gasteiger partial charge is 0.310 e. The summed E-state index contributed by atoms with van der Waals surface area (Å²) in [6.45, 7) is 0. The highest BCUT2D eigenvalue weighted by molar-refractivity contribution is 6.11. The van der Waals surface area contributed by atoms with E-state index in [9.17, 15) is 0 Å². The van der Waals surface area contributed by atoms with Crippen molar-refractivity contribution in [3.63, 3.8) is 0 Å². The van der Waals surface area contributed by atoms with E-state index in [1.165, 1.54) is 71.9 Å². The van der Waals surface area contributed by atoms with Gasteiger partial charge in [-0.3, -0.25) is 0 Å². The molecular formula is C60H42N2. The normalized spacial score (nSPS) is 11.2. The summed E-state index contributed by atoms with van der Waals surface area (Å²) in [5.74, 6) is 0. The molecule has 1 heterocycles. The first-order valence-electron chi connectivity index (χ1n) is 21.3. The molecule has 1 aromatic heterocycles. The van der Waals surface area contributed by atoms with Gasteiger partial charge in [0, 0.05) is 33.4 Å². The van der Waals surface area contributed by atoms with Crippen molar-refractivity contribution >= 4 is 38.9 Å². The molecule has 0 radical (unpaired) electrons. The zero-order valence-corrected chi connectivity index (χ0v) is 34.1. The van der Waals surface area contributed by atoms with Crippen LogP contribution in [0.2, 0.25) is 0 Å². The Labute approximate surface area is 362 Å². The molecule has 10 aromatic carbocycles. The van der Waals surface area contributed by atoms with Gasteiger partial charge in [0.25, 0.3) is 0 Å². The second-order valence-electron chi connectivity index (χ2n) is 15.7. The van der Waals surface area contributed by atoms with Gasteiger partial charge in [0.2, 0.25) is 0 Å². The fraction of sp³-hybridized carbons (Fsp3) is 0. The summed E-state index contributed by atoms with van der Waals surface area (Å²) in [7, 11) is 0. The van der Waals surface area contributed by atoms with Crippen LogP contribution in [0.3, 0.4) is 0 Å². The fourth-order valence-electron chi connectivity index (χ4n) is 9.12. The zero-order valence-electron chi connectivity index (χ0n) is 34.1. The van der Waals surface area contributed by atoms with Crippen molar-refractivity contribution in [2.45, 2.75) is 0 Å². The number of nitrogens with zero attached hydrogens (tertiary/aromatic N) is 2. The molecule has 2 nitrogen and oxygen atoms in total. The Morgan fingerprint density at radius 1 is 0.242 bits per heavy atom. The van der Waals surface area contributed by atoms with Crippen LogP contribution in [0.15, 0.2) is 255 Å². The van der Waals surface area contributed by atoms with Crippen LogP contribution in [0.4, 0.5) is 17.1 Å². The molecule has 292 valence electrons. The molecule has 0 aliphatic heterocycles. The monoisotopic (exact) mass is 790 g/mol. The van der Waals surface area contributed by atoms with Gasteiger partial charge in [-0.1, -0.05) is 206 Å². The molecule has 0 spiro atoms. The van der Waals surface area contributed by atoms with Crippen molar-refractivity contribution in [3.05, 3.63) is 255 Å². The van der Waals surface area contributed by atoms with E-state index >= 15 is 0 Å². The third-order valence-electron chi connectivity index (χ3n) is 12.0. The van der Waals surface area contributed by atoms with Crippen LogP contribution in [0.25, 0.3) is 83.1 Å². The first kappa shape index (κ1) is 36.8. The molecule has 0 saturated carbocycles. The van der Waals surface area contributed by atoms with Crippen LogP contribution >= 0.6 is 0 Å². The fourth-order valence-corrected chi connectivity index (χ4v) is 9.12. The van der Waals surface area contributed by atoms with Gasteiger partial charge < -0.3 is 9.47 Å². The van der Waals surface area contributed by atoms with Crippen molar-refractivity contribution in [2.24, 2.45) is 0 Å². The van der Waals surface area contributed by atoms with E-state index in [0.717, 1.165) is 28.3 Å². The Morgan fingerprint density at radius 3 is 1.40 bits per heavy atom. The summed E-state index contributed by atoms with van der Waals surface area (Å²) in [5.41, 5.74) is 18.6.